The average molecular weight is 256 g/mol. The molecule has 108 valence electrons. The van der Waals surface area contributed by atoms with Gasteiger partial charge >= 0.3 is 0 Å². The first-order valence-corrected chi connectivity index (χ1v) is 7.64. The van der Waals surface area contributed by atoms with E-state index < -0.39 is 0 Å². The molecule has 0 aromatic carbocycles. The van der Waals surface area contributed by atoms with Gasteiger partial charge in [0, 0.05) is 26.2 Å². The first-order valence-electron chi connectivity index (χ1n) is 7.64. The molecule has 18 heavy (non-hydrogen) atoms. The zero-order valence-electron chi connectivity index (χ0n) is 12.6. The predicted octanol–water partition coefficient (Wildman–Crippen LogP) is 2.64. The van der Waals surface area contributed by atoms with Crippen LogP contribution in [0.1, 0.15) is 52.4 Å². The zero-order valence-corrected chi connectivity index (χ0v) is 12.6. The molecule has 0 unspecified atom stereocenters. The molecule has 0 bridgehead atoms. The number of ether oxygens (including phenoxy) is 1. The summed E-state index contributed by atoms with van der Waals surface area (Å²) in [6.07, 6.45) is 7.79. The summed E-state index contributed by atoms with van der Waals surface area (Å²) in [6.45, 7) is 8.47. The maximum atomic E-state index is 6.07. The summed E-state index contributed by atoms with van der Waals surface area (Å²) in [4.78, 5) is 2.63. The second kappa shape index (κ2) is 8.13. The van der Waals surface area contributed by atoms with Crippen LogP contribution in [0.3, 0.4) is 0 Å². The van der Waals surface area contributed by atoms with Gasteiger partial charge in [0.2, 0.25) is 0 Å². The summed E-state index contributed by atoms with van der Waals surface area (Å²) < 4.78 is 5.27. The molecule has 1 rings (SSSR count). The highest BCUT2D eigenvalue weighted by molar-refractivity contribution is 4.89. The number of nitrogens with zero attached hydrogens (tertiary/aromatic N) is 1. The maximum Gasteiger partial charge on any atom is 0.0589 e. The number of methoxy groups -OCH3 is 1. The third-order valence-corrected chi connectivity index (χ3v) is 4.68. The van der Waals surface area contributed by atoms with Crippen LogP contribution in [0, 0.1) is 5.41 Å². The summed E-state index contributed by atoms with van der Waals surface area (Å²) in [5, 5.41) is 0. The summed E-state index contributed by atoms with van der Waals surface area (Å²) in [6, 6.07) is 0.684. The summed E-state index contributed by atoms with van der Waals surface area (Å²) in [7, 11) is 1.79. The zero-order chi connectivity index (χ0) is 13.4. The molecule has 0 spiro atoms. The lowest BCUT2D eigenvalue weighted by atomic mass is 9.85. The van der Waals surface area contributed by atoms with Crippen LogP contribution in [-0.2, 0) is 4.74 Å². The van der Waals surface area contributed by atoms with Crippen LogP contribution in [0.5, 0.6) is 0 Å². The number of nitrogens with two attached hydrogens (primary N) is 1. The van der Waals surface area contributed by atoms with Gasteiger partial charge in [0.1, 0.15) is 0 Å². The monoisotopic (exact) mass is 256 g/mol. The Bertz CT molecular complexity index is 211. The lowest BCUT2D eigenvalue weighted by molar-refractivity contribution is 0.0744. The quantitative estimate of drug-likeness (QED) is 0.689. The van der Waals surface area contributed by atoms with E-state index in [-0.39, 0.29) is 0 Å². The van der Waals surface area contributed by atoms with Crippen molar-refractivity contribution in [1.82, 2.24) is 4.90 Å². The van der Waals surface area contributed by atoms with E-state index in [1.54, 1.807) is 7.11 Å². The fourth-order valence-electron chi connectivity index (χ4n) is 3.39. The Labute approximate surface area is 113 Å². The molecule has 0 saturated heterocycles. The van der Waals surface area contributed by atoms with Crippen LogP contribution in [0.15, 0.2) is 0 Å². The molecular weight excluding hydrogens is 224 g/mol. The molecule has 1 saturated carbocycles. The highest BCUT2D eigenvalue weighted by Gasteiger charge is 2.35. The Hall–Kier alpha value is -0.120. The van der Waals surface area contributed by atoms with E-state index in [0.717, 1.165) is 19.7 Å². The van der Waals surface area contributed by atoms with Gasteiger partial charge in [-0.1, -0.05) is 26.7 Å². The van der Waals surface area contributed by atoms with E-state index in [4.69, 9.17) is 10.5 Å². The normalized spacial score (nSPS) is 19.0. The van der Waals surface area contributed by atoms with Crippen LogP contribution in [0.4, 0.5) is 0 Å². The molecule has 0 aromatic heterocycles. The Kier molecular flexibility index (Phi) is 7.20. The van der Waals surface area contributed by atoms with Crippen molar-refractivity contribution in [1.29, 1.82) is 0 Å². The molecule has 0 aromatic rings. The van der Waals surface area contributed by atoms with Crippen LogP contribution in [0.25, 0.3) is 0 Å². The second-order valence-electron chi connectivity index (χ2n) is 5.84. The molecule has 0 radical (unpaired) electrons. The van der Waals surface area contributed by atoms with E-state index in [1.807, 2.05) is 0 Å². The van der Waals surface area contributed by atoms with Gasteiger partial charge in [-0.2, -0.15) is 0 Å². The SMILES string of the molecule is CCC(CC)N(CCOC)CC1(CN)CCCC1. The van der Waals surface area contributed by atoms with Crippen LogP contribution in [0.2, 0.25) is 0 Å². The fraction of sp³-hybridized carbons (Fsp3) is 1.00. The average Bonchev–Trinajstić information content (AvgIpc) is 2.86. The van der Waals surface area contributed by atoms with Crippen LogP contribution >= 0.6 is 0 Å². The minimum absolute atomic E-state index is 0.385. The van der Waals surface area contributed by atoms with Gasteiger partial charge in [-0.05, 0) is 37.6 Å². The Morgan fingerprint density at radius 3 is 2.28 bits per heavy atom. The summed E-state index contributed by atoms with van der Waals surface area (Å²) in [5.41, 5.74) is 6.46. The molecule has 2 N–H and O–H groups in total. The largest absolute Gasteiger partial charge is 0.383 e. The number of rotatable bonds is 9. The molecule has 1 fully saturated rings. The Morgan fingerprint density at radius 2 is 1.83 bits per heavy atom. The van der Waals surface area contributed by atoms with Gasteiger partial charge in [-0.3, -0.25) is 4.90 Å². The highest BCUT2D eigenvalue weighted by Crippen LogP contribution is 2.38. The van der Waals surface area contributed by atoms with Gasteiger partial charge in [0.15, 0.2) is 0 Å². The minimum Gasteiger partial charge on any atom is -0.383 e. The van der Waals surface area contributed by atoms with Crippen LogP contribution in [-0.4, -0.2) is 44.3 Å². The lowest BCUT2D eigenvalue weighted by Crippen LogP contribution is -2.46. The highest BCUT2D eigenvalue weighted by atomic mass is 16.5. The van der Waals surface area contributed by atoms with Crippen LogP contribution < -0.4 is 5.73 Å². The number of hydrogen-bond donors (Lipinski definition) is 1. The summed E-state index contributed by atoms with van der Waals surface area (Å²) >= 11 is 0. The smallest absolute Gasteiger partial charge is 0.0589 e. The first kappa shape index (κ1) is 15.9. The van der Waals surface area contributed by atoms with Crippen molar-refractivity contribution in [2.75, 3.05) is 33.4 Å². The van der Waals surface area contributed by atoms with Gasteiger partial charge in [-0.25, -0.2) is 0 Å². The predicted molar refractivity (Wildman–Crippen MR) is 77.8 cm³/mol. The molecule has 3 heteroatoms. The molecule has 0 heterocycles. The van der Waals surface area contributed by atoms with Crippen molar-refractivity contribution in [3.05, 3.63) is 0 Å². The van der Waals surface area contributed by atoms with E-state index in [9.17, 15) is 0 Å². The fourth-order valence-corrected chi connectivity index (χ4v) is 3.39. The molecule has 1 aliphatic rings. The van der Waals surface area contributed by atoms with Crippen molar-refractivity contribution >= 4 is 0 Å². The molecule has 0 atom stereocenters. The minimum atomic E-state index is 0.385. The van der Waals surface area contributed by atoms with E-state index in [0.29, 0.717) is 11.5 Å². The Morgan fingerprint density at radius 1 is 1.22 bits per heavy atom. The van der Waals surface area contributed by atoms with Gasteiger partial charge in [0.25, 0.3) is 0 Å². The molecule has 0 amide bonds. The molecular formula is C15H32N2O. The van der Waals surface area contributed by atoms with Crippen molar-refractivity contribution in [3.63, 3.8) is 0 Å². The third-order valence-electron chi connectivity index (χ3n) is 4.68. The molecule has 1 aliphatic carbocycles. The second-order valence-corrected chi connectivity index (χ2v) is 5.84. The maximum absolute atomic E-state index is 6.07. The third kappa shape index (κ3) is 4.22. The first-order chi connectivity index (χ1) is 8.71. The lowest BCUT2D eigenvalue weighted by Gasteiger charge is -2.38. The van der Waals surface area contributed by atoms with Crippen molar-refractivity contribution in [2.24, 2.45) is 11.1 Å². The van der Waals surface area contributed by atoms with Crippen molar-refractivity contribution in [3.8, 4) is 0 Å². The van der Waals surface area contributed by atoms with E-state index >= 15 is 0 Å². The molecule has 0 aliphatic heterocycles. The summed E-state index contributed by atoms with van der Waals surface area (Å²) in [5.74, 6) is 0. The standard InChI is InChI=1S/C15H32N2O/c1-4-14(5-2)17(10-11-18-3)13-15(12-16)8-6-7-9-15/h14H,4-13,16H2,1-3H3. The van der Waals surface area contributed by atoms with E-state index in [1.165, 1.54) is 45.1 Å². The van der Waals surface area contributed by atoms with Crippen molar-refractivity contribution < 1.29 is 4.74 Å². The topological polar surface area (TPSA) is 38.5 Å². The molecule has 3 nitrogen and oxygen atoms in total. The Balaban J connectivity index is 2.63. The number of hydrogen-bond acceptors (Lipinski definition) is 3. The van der Waals surface area contributed by atoms with Crippen molar-refractivity contribution in [2.45, 2.75) is 58.4 Å². The van der Waals surface area contributed by atoms with E-state index in [2.05, 4.69) is 18.7 Å². The van der Waals surface area contributed by atoms with Gasteiger partial charge in [0.05, 0.1) is 6.61 Å². The van der Waals surface area contributed by atoms with Gasteiger partial charge < -0.3 is 10.5 Å². The van der Waals surface area contributed by atoms with Gasteiger partial charge in [-0.15, -0.1) is 0 Å².